The molecule has 2 heterocycles. The van der Waals surface area contributed by atoms with E-state index in [1.54, 1.807) is 9.80 Å². The van der Waals surface area contributed by atoms with Gasteiger partial charge in [0.05, 0.1) is 39.4 Å². The summed E-state index contributed by atoms with van der Waals surface area (Å²) in [5.74, 6) is -1.39. The Morgan fingerprint density at radius 1 is 0.625 bits per heavy atom. The van der Waals surface area contributed by atoms with Crippen LogP contribution in [0.3, 0.4) is 0 Å². The molecule has 0 saturated carbocycles. The highest BCUT2D eigenvalue weighted by molar-refractivity contribution is 6.00. The van der Waals surface area contributed by atoms with E-state index in [4.69, 9.17) is 20.9 Å². The molecule has 4 atom stereocenters. The van der Waals surface area contributed by atoms with Crippen LogP contribution < -0.4 is 11.5 Å². The van der Waals surface area contributed by atoms with E-state index in [1.807, 2.05) is 13.8 Å². The molecule has 0 radical (unpaired) electrons. The average Bonchev–Trinajstić information content (AvgIpc) is 2.79. The lowest BCUT2D eigenvalue weighted by atomic mass is 9.89. The van der Waals surface area contributed by atoms with Gasteiger partial charge in [0.1, 0.15) is 13.5 Å². The number of ether oxygens (including phenoxy) is 2. The normalized spacial score (nSPS) is 21.6. The van der Waals surface area contributed by atoms with Gasteiger partial charge in [-0.2, -0.15) is 0 Å². The topological polar surface area (TPSA) is 152 Å². The van der Waals surface area contributed by atoms with Gasteiger partial charge in [-0.05, 0) is 37.5 Å². The van der Waals surface area contributed by atoms with Crippen molar-refractivity contribution in [3.8, 4) is 0 Å². The van der Waals surface area contributed by atoms with Crippen molar-refractivity contribution in [3.63, 3.8) is 0 Å². The summed E-state index contributed by atoms with van der Waals surface area (Å²) < 4.78 is 11.2. The quantitative estimate of drug-likeness (QED) is 0.302. The Balaban J connectivity index is 1.84. The fourth-order valence-electron chi connectivity index (χ4n) is 5.18. The number of piperazine rings is 2. The molecular weight excluding hydrogens is 516 g/mol. The predicted molar refractivity (Wildman–Crippen MR) is 152 cm³/mol. The van der Waals surface area contributed by atoms with Crippen molar-refractivity contribution in [1.29, 1.82) is 0 Å². The first kappa shape index (κ1) is 34.2. The number of carbonyl (C=O) groups excluding carboxylic acids is 4. The Morgan fingerprint density at radius 3 is 1.15 bits per heavy atom. The summed E-state index contributed by atoms with van der Waals surface area (Å²) >= 11 is 0. The van der Waals surface area contributed by atoms with E-state index in [1.165, 1.54) is 0 Å². The number of rotatable bonds is 13. The van der Waals surface area contributed by atoms with Gasteiger partial charge in [0.25, 0.3) is 0 Å². The Hall–Kier alpha value is -1.96. The lowest BCUT2D eigenvalue weighted by Crippen LogP contribution is -2.63. The molecule has 2 fully saturated rings. The number of hydrogen-bond acceptors (Lipinski definition) is 10. The van der Waals surface area contributed by atoms with E-state index in [9.17, 15) is 19.2 Å². The first-order valence-electron chi connectivity index (χ1n) is 14.2. The number of amides is 4. The van der Waals surface area contributed by atoms with E-state index in [0.29, 0.717) is 0 Å². The molecule has 0 bridgehead atoms. The third-order valence-corrected chi connectivity index (χ3v) is 7.26. The highest BCUT2D eigenvalue weighted by Gasteiger charge is 2.39. The van der Waals surface area contributed by atoms with Gasteiger partial charge in [0, 0.05) is 24.2 Å². The van der Waals surface area contributed by atoms with Gasteiger partial charge in [-0.15, -0.1) is 0 Å². The van der Waals surface area contributed by atoms with Crippen molar-refractivity contribution < 1.29 is 28.7 Å². The summed E-state index contributed by atoms with van der Waals surface area (Å²) in [5, 5.41) is 0. The van der Waals surface area contributed by atoms with Crippen molar-refractivity contribution in [2.24, 2.45) is 22.3 Å². The summed E-state index contributed by atoms with van der Waals surface area (Å²) in [5.41, 5.74) is 12.3. The second-order valence-corrected chi connectivity index (χ2v) is 13.8. The SMILES string of the molecule is CC(C(C)N1CC(=O)N(COCC(N)CC(C)(C)C)C(=O)C1)N1CC(=O)N(COCC(N)CC(C)(C)C)C(=O)C1. The maximum absolute atomic E-state index is 12.8. The zero-order valence-electron chi connectivity index (χ0n) is 25.8. The Kier molecular flexibility index (Phi) is 12.2. The molecule has 4 amide bonds. The molecule has 2 rings (SSSR count). The lowest BCUT2D eigenvalue weighted by Gasteiger charge is -2.43. The number of hydrogen-bond donors (Lipinski definition) is 2. The first-order chi connectivity index (χ1) is 18.4. The van der Waals surface area contributed by atoms with Crippen LogP contribution in [0, 0.1) is 10.8 Å². The van der Waals surface area contributed by atoms with E-state index in [2.05, 4.69) is 41.5 Å². The van der Waals surface area contributed by atoms with Crippen LogP contribution in [-0.4, -0.2) is 120 Å². The summed E-state index contributed by atoms with van der Waals surface area (Å²) in [7, 11) is 0. The second kappa shape index (κ2) is 14.3. The van der Waals surface area contributed by atoms with Crippen molar-refractivity contribution in [2.45, 2.75) is 92.4 Å². The molecule has 4 N–H and O–H groups in total. The van der Waals surface area contributed by atoms with E-state index < -0.39 is 0 Å². The number of nitrogens with two attached hydrogens (primary N) is 2. The highest BCUT2D eigenvalue weighted by atomic mass is 16.5. The van der Waals surface area contributed by atoms with Crippen molar-refractivity contribution in [1.82, 2.24) is 19.6 Å². The number of carbonyl (C=O) groups is 4. The van der Waals surface area contributed by atoms with Crippen LogP contribution in [0.4, 0.5) is 0 Å². The molecule has 12 nitrogen and oxygen atoms in total. The Bertz CT molecular complexity index is 793. The Morgan fingerprint density at radius 2 is 0.900 bits per heavy atom. The Labute approximate surface area is 239 Å². The molecule has 0 aromatic heterocycles. The largest absolute Gasteiger partial charge is 0.359 e. The van der Waals surface area contributed by atoms with Crippen molar-refractivity contribution in [2.75, 3.05) is 52.9 Å². The molecule has 2 saturated heterocycles. The summed E-state index contributed by atoms with van der Waals surface area (Å²) in [6.45, 7) is 16.8. The van der Waals surface area contributed by atoms with E-state index in [-0.39, 0.29) is 111 Å². The van der Waals surface area contributed by atoms with Gasteiger partial charge in [-0.3, -0.25) is 38.8 Å². The summed E-state index contributed by atoms with van der Waals surface area (Å²) in [6.07, 6.45) is 1.52. The van der Waals surface area contributed by atoms with E-state index >= 15 is 0 Å². The van der Waals surface area contributed by atoms with Gasteiger partial charge >= 0.3 is 0 Å². The maximum Gasteiger partial charge on any atom is 0.245 e. The maximum atomic E-state index is 12.8. The molecule has 12 heteroatoms. The molecule has 0 aromatic rings. The zero-order chi connectivity index (χ0) is 30.4. The highest BCUT2D eigenvalue weighted by Crippen LogP contribution is 2.22. The van der Waals surface area contributed by atoms with Crippen LogP contribution in [0.15, 0.2) is 0 Å². The standard InChI is InChI=1S/C28H52N6O6/c1-19(31-11-23(35)33(24(36)12-31)17-39-15-21(29)9-27(3,4)5)20(2)32-13-25(37)34(26(38)14-32)18-40-16-22(30)10-28(6,7)8/h19-22H,9-18,29-30H2,1-8H3. The fraction of sp³-hybridized carbons (Fsp3) is 0.857. The van der Waals surface area contributed by atoms with Crippen LogP contribution in [-0.2, 0) is 28.7 Å². The predicted octanol–water partition coefficient (Wildman–Crippen LogP) is 0.580. The third kappa shape index (κ3) is 10.8. The number of nitrogens with zero attached hydrogens (tertiary/aromatic N) is 4. The average molecular weight is 569 g/mol. The molecule has 4 unspecified atom stereocenters. The van der Waals surface area contributed by atoms with Crippen LogP contribution in [0.2, 0.25) is 0 Å². The minimum absolute atomic E-state index is 0.0408. The molecule has 2 aliphatic heterocycles. The van der Waals surface area contributed by atoms with E-state index in [0.717, 1.165) is 22.6 Å². The molecule has 0 spiro atoms. The van der Waals surface area contributed by atoms with Crippen molar-refractivity contribution >= 4 is 23.6 Å². The molecule has 230 valence electrons. The molecular formula is C28H52N6O6. The second-order valence-electron chi connectivity index (χ2n) is 13.8. The van der Waals surface area contributed by atoms with Crippen LogP contribution in [0.5, 0.6) is 0 Å². The van der Waals surface area contributed by atoms with Gasteiger partial charge in [-0.1, -0.05) is 41.5 Å². The number of imide groups is 2. The third-order valence-electron chi connectivity index (χ3n) is 7.26. The van der Waals surface area contributed by atoms with Crippen molar-refractivity contribution in [3.05, 3.63) is 0 Å². The van der Waals surface area contributed by atoms with Gasteiger partial charge in [-0.25, -0.2) is 0 Å². The van der Waals surface area contributed by atoms with Gasteiger partial charge in [0.15, 0.2) is 0 Å². The molecule has 0 aromatic carbocycles. The molecule has 0 aliphatic carbocycles. The van der Waals surface area contributed by atoms with Crippen LogP contribution in [0.25, 0.3) is 0 Å². The van der Waals surface area contributed by atoms with Gasteiger partial charge in [0.2, 0.25) is 23.6 Å². The monoisotopic (exact) mass is 568 g/mol. The first-order valence-corrected chi connectivity index (χ1v) is 14.2. The molecule has 40 heavy (non-hydrogen) atoms. The smallest absolute Gasteiger partial charge is 0.245 e. The lowest BCUT2D eigenvalue weighted by molar-refractivity contribution is -0.164. The zero-order valence-corrected chi connectivity index (χ0v) is 25.8. The summed E-state index contributed by atoms with van der Waals surface area (Å²) in [4.78, 5) is 57.0. The fourth-order valence-corrected chi connectivity index (χ4v) is 5.18. The van der Waals surface area contributed by atoms with Crippen LogP contribution in [0.1, 0.15) is 68.2 Å². The van der Waals surface area contributed by atoms with Crippen LogP contribution >= 0.6 is 0 Å². The minimum atomic E-state index is -0.349. The minimum Gasteiger partial charge on any atom is -0.359 e. The van der Waals surface area contributed by atoms with Gasteiger partial charge < -0.3 is 20.9 Å². The summed E-state index contributed by atoms with van der Waals surface area (Å²) in [6, 6.07) is -0.878. The molecule has 2 aliphatic rings.